The number of hydrazone groups is 1. The van der Waals surface area contributed by atoms with Crippen molar-refractivity contribution in [2.75, 3.05) is 6.54 Å². The molecule has 1 N–H and O–H groups in total. The lowest BCUT2D eigenvalue weighted by Crippen LogP contribution is -2.44. The zero-order valence-electron chi connectivity index (χ0n) is 18.7. The number of carbonyl (C=O) groups excluding carboxylic acids is 1. The van der Waals surface area contributed by atoms with E-state index in [4.69, 9.17) is 23.2 Å². The molecule has 3 aromatic rings. The van der Waals surface area contributed by atoms with Gasteiger partial charge in [-0.15, -0.1) is 0 Å². The molecule has 0 spiro atoms. The fraction of sp³-hybridized carbons (Fsp3) is 0.250. The van der Waals surface area contributed by atoms with Crippen LogP contribution in [0.15, 0.2) is 64.6 Å². The highest BCUT2D eigenvalue weighted by Crippen LogP contribution is 2.27. The second-order valence-corrected chi connectivity index (χ2v) is 10.9. The third-order valence-corrected chi connectivity index (χ3v) is 8.25. The molecule has 10 heteroatoms. The lowest BCUT2D eigenvalue weighted by atomic mass is 10.2. The van der Waals surface area contributed by atoms with Crippen molar-refractivity contribution in [1.82, 2.24) is 14.3 Å². The maximum atomic E-state index is 13.1. The molecule has 1 aromatic heterocycles. The monoisotopic (exact) mass is 518 g/mol. The van der Waals surface area contributed by atoms with Gasteiger partial charge in [-0.1, -0.05) is 29.3 Å². The van der Waals surface area contributed by atoms with Crippen molar-refractivity contribution >= 4 is 45.3 Å². The summed E-state index contributed by atoms with van der Waals surface area (Å²) in [7, 11) is -3.82. The number of rotatable bonds is 6. The first-order valence-corrected chi connectivity index (χ1v) is 12.9. The molecular formula is C24H24Cl2N4O3S. The molecule has 4 rings (SSSR count). The number of aryl methyl sites for hydroxylation is 1. The van der Waals surface area contributed by atoms with E-state index in [2.05, 4.69) is 10.5 Å². The molecule has 1 fully saturated rings. The molecule has 1 atom stereocenters. The van der Waals surface area contributed by atoms with E-state index in [1.807, 2.05) is 48.7 Å². The molecule has 2 heterocycles. The van der Waals surface area contributed by atoms with Gasteiger partial charge in [-0.05, 0) is 75.2 Å². The van der Waals surface area contributed by atoms with Crippen molar-refractivity contribution in [3.8, 4) is 5.69 Å². The van der Waals surface area contributed by atoms with E-state index in [1.165, 1.54) is 28.6 Å². The Hall–Kier alpha value is -2.65. The van der Waals surface area contributed by atoms with Crippen LogP contribution in [-0.4, -0.2) is 42.0 Å². The van der Waals surface area contributed by atoms with E-state index in [0.29, 0.717) is 22.9 Å². The lowest BCUT2D eigenvalue weighted by Gasteiger charge is -2.22. The number of sulfonamides is 1. The van der Waals surface area contributed by atoms with Gasteiger partial charge in [0.05, 0.1) is 11.1 Å². The summed E-state index contributed by atoms with van der Waals surface area (Å²) >= 11 is 12.0. The van der Waals surface area contributed by atoms with Crippen LogP contribution in [0.3, 0.4) is 0 Å². The van der Waals surface area contributed by atoms with Crippen LogP contribution in [0.4, 0.5) is 0 Å². The Balaban J connectivity index is 1.49. The number of nitrogens with one attached hydrogen (secondary N) is 1. The van der Waals surface area contributed by atoms with Crippen LogP contribution in [-0.2, 0) is 14.8 Å². The summed E-state index contributed by atoms with van der Waals surface area (Å²) in [4.78, 5) is 12.9. The number of hydrogen-bond acceptors (Lipinski definition) is 4. The van der Waals surface area contributed by atoms with Crippen molar-refractivity contribution in [3.63, 3.8) is 0 Å². The van der Waals surface area contributed by atoms with Gasteiger partial charge in [0, 0.05) is 39.2 Å². The molecule has 34 heavy (non-hydrogen) atoms. The Kier molecular flexibility index (Phi) is 7.14. The van der Waals surface area contributed by atoms with E-state index in [9.17, 15) is 13.2 Å². The maximum Gasteiger partial charge on any atom is 0.258 e. The highest BCUT2D eigenvalue weighted by Gasteiger charge is 2.39. The summed E-state index contributed by atoms with van der Waals surface area (Å²) in [5.74, 6) is -0.463. The van der Waals surface area contributed by atoms with Gasteiger partial charge in [0.2, 0.25) is 10.0 Å². The highest BCUT2D eigenvalue weighted by atomic mass is 35.5. The minimum atomic E-state index is -3.82. The minimum absolute atomic E-state index is 0.105. The van der Waals surface area contributed by atoms with E-state index in [1.54, 1.807) is 6.21 Å². The van der Waals surface area contributed by atoms with Gasteiger partial charge in [-0.3, -0.25) is 4.79 Å². The summed E-state index contributed by atoms with van der Waals surface area (Å²) < 4.78 is 29.4. The molecule has 1 amide bonds. The summed E-state index contributed by atoms with van der Waals surface area (Å²) in [6.07, 6.45) is 2.58. The first kappa shape index (κ1) is 24.5. The second kappa shape index (κ2) is 9.92. The largest absolute Gasteiger partial charge is 0.318 e. The first-order chi connectivity index (χ1) is 16.2. The van der Waals surface area contributed by atoms with Gasteiger partial charge in [0.15, 0.2) is 0 Å². The van der Waals surface area contributed by atoms with Crippen LogP contribution < -0.4 is 5.43 Å². The van der Waals surface area contributed by atoms with Crippen molar-refractivity contribution in [2.45, 2.75) is 37.6 Å². The fourth-order valence-corrected chi connectivity index (χ4v) is 6.17. The van der Waals surface area contributed by atoms with E-state index in [0.717, 1.165) is 22.6 Å². The normalized spacial score (nSPS) is 16.9. The van der Waals surface area contributed by atoms with Crippen molar-refractivity contribution in [1.29, 1.82) is 0 Å². The molecule has 7 nitrogen and oxygen atoms in total. The zero-order valence-corrected chi connectivity index (χ0v) is 21.0. The number of carbonyl (C=O) groups is 1. The average molecular weight is 519 g/mol. The van der Waals surface area contributed by atoms with Crippen molar-refractivity contribution < 1.29 is 13.2 Å². The van der Waals surface area contributed by atoms with Crippen LogP contribution >= 0.6 is 23.2 Å². The number of amides is 1. The smallest absolute Gasteiger partial charge is 0.258 e. The topological polar surface area (TPSA) is 83.8 Å². The van der Waals surface area contributed by atoms with Crippen molar-refractivity contribution in [3.05, 3.63) is 81.6 Å². The molecule has 1 saturated heterocycles. The van der Waals surface area contributed by atoms with Gasteiger partial charge in [-0.2, -0.15) is 9.41 Å². The second-order valence-electron chi connectivity index (χ2n) is 8.10. The summed E-state index contributed by atoms with van der Waals surface area (Å²) in [5.41, 5.74) is 6.20. The highest BCUT2D eigenvalue weighted by molar-refractivity contribution is 7.89. The number of hydrogen-bond donors (Lipinski definition) is 1. The standard InChI is InChI=1S/C24H24Cl2N4O3S/c1-16-13-18(17(2)30(16)21-6-3-5-20(26)14-21)15-27-28-24(31)23-7-4-12-29(23)34(32,33)22-10-8-19(25)9-11-22/h3,5-6,8-11,13-15,23H,4,7,12H2,1-2H3,(H,28,31)/b27-15-/t23-/m1/s1. The Bertz CT molecular complexity index is 1350. The minimum Gasteiger partial charge on any atom is -0.318 e. The van der Waals surface area contributed by atoms with E-state index in [-0.39, 0.29) is 11.4 Å². The van der Waals surface area contributed by atoms with Crippen LogP contribution in [0.25, 0.3) is 5.69 Å². The molecule has 1 aliphatic heterocycles. The Morgan fingerprint density at radius 2 is 1.82 bits per heavy atom. The van der Waals surface area contributed by atoms with Crippen LogP contribution in [0.5, 0.6) is 0 Å². The molecule has 178 valence electrons. The van der Waals surface area contributed by atoms with Crippen molar-refractivity contribution in [2.24, 2.45) is 5.10 Å². The van der Waals surface area contributed by atoms with Gasteiger partial charge in [0.1, 0.15) is 6.04 Å². The first-order valence-electron chi connectivity index (χ1n) is 10.7. The molecular weight excluding hydrogens is 495 g/mol. The lowest BCUT2D eigenvalue weighted by molar-refractivity contribution is -0.124. The van der Waals surface area contributed by atoms with Gasteiger partial charge in [-0.25, -0.2) is 13.8 Å². The fourth-order valence-electron chi connectivity index (χ4n) is 4.20. The molecule has 0 radical (unpaired) electrons. The Morgan fingerprint density at radius 1 is 1.09 bits per heavy atom. The van der Waals surface area contributed by atoms with E-state index < -0.39 is 22.0 Å². The number of benzene rings is 2. The number of aromatic nitrogens is 1. The quantitative estimate of drug-likeness (QED) is 0.379. The summed E-state index contributed by atoms with van der Waals surface area (Å²) in [6.45, 7) is 4.20. The van der Waals surface area contributed by atoms with Crippen LogP contribution in [0.1, 0.15) is 29.8 Å². The Labute approximate surface area is 209 Å². The molecule has 0 bridgehead atoms. The third kappa shape index (κ3) is 4.90. The van der Waals surface area contributed by atoms with Gasteiger partial charge in [0.25, 0.3) is 5.91 Å². The molecule has 0 saturated carbocycles. The van der Waals surface area contributed by atoms with Gasteiger partial charge < -0.3 is 4.57 Å². The van der Waals surface area contributed by atoms with Crippen LogP contribution in [0, 0.1) is 13.8 Å². The molecule has 2 aromatic carbocycles. The zero-order chi connectivity index (χ0) is 24.5. The van der Waals surface area contributed by atoms with Crippen LogP contribution in [0.2, 0.25) is 10.0 Å². The Morgan fingerprint density at radius 3 is 2.53 bits per heavy atom. The van der Waals surface area contributed by atoms with Gasteiger partial charge >= 0.3 is 0 Å². The third-order valence-electron chi connectivity index (χ3n) is 5.84. The molecule has 0 aliphatic carbocycles. The average Bonchev–Trinajstić information content (AvgIpc) is 3.39. The predicted octanol–water partition coefficient (Wildman–Crippen LogP) is 4.70. The summed E-state index contributed by atoms with van der Waals surface area (Å²) in [5, 5.41) is 5.19. The maximum absolute atomic E-state index is 13.1. The SMILES string of the molecule is Cc1cc(/C=N\NC(=O)[C@H]2CCCN2S(=O)(=O)c2ccc(Cl)cc2)c(C)n1-c1cccc(Cl)c1. The molecule has 1 aliphatic rings. The molecule has 0 unspecified atom stereocenters. The number of halogens is 2. The number of nitrogens with zero attached hydrogens (tertiary/aromatic N) is 3. The van der Waals surface area contributed by atoms with E-state index >= 15 is 0 Å². The predicted molar refractivity (Wildman–Crippen MR) is 134 cm³/mol. The summed E-state index contributed by atoms with van der Waals surface area (Å²) in [6, 6.07) is 14.6.